The largest absolute Gasteiger partial charge is 0.322 e. The highest BCUT2D eigenvalue weighted by Gasteiger charge is 2.18. The average Bonchev–Trinajstić information content (AvgIpc) is 2.98. The molecular weight excluding hydrogens is 333 g/mol. The van der Waals surface area contributed by atoms with Crippen molar-refractivity contribution in [3.05, 3.63) is 64.2 Å². The molecule has 1 aromatic heterocycles. The van der Waals surface area contributed by atoms with Crippen molar-refractivity contribution in [3.8, 4) is 5.69 Å². The Labute approximate surface area is 142 Å². The van der Waals surface area contributed by atoms with Gasteiger partial charge in [0.15, 0.2) is 5.82 Å². The Hall–Kier alpha value is -2.80. The molecule has 0 atom stereocenters. The number of rotatable bonds is 3. The maximum atomic E-state index is 14.0. The van der Waals surface area contributed by atoms with Crippen LogP contribution in [0.15, 0.2) is 36.4 Å². The molecule has 0 unspecified atom stereocenters. The van der Waals surface area contributed by atoms with Gasteiger partial charge in [0.05, 0.1) is 16.3 Å². The summed E-state index contributed by atoms with van der Waals surface area (Å²) in [4.78, 5) is 12.4. The predicted molar refractivity (Wildman–Crippen MR) is 88.0 cm³/mol. The summed E-state index contributed by atoms with van der Waals surface area (Å²) in [5.41, 5.74) is 1.59. The molecule has 1 heterocycles. The van der Waals surface area contributed by atoms with Crippen molar-refractivity contribution in [1.82, 2.24) is 20.2 Å². The molecule has 24 heavy (non-hydrogen) atoms. The lowest BCUT2D eigenvalue weighted by Crippen LogP contribution is -2.15. The molecule has 0 aliphatic carbocycles. The Morgan fingerprint density at radius 1 is 1.25 bits per heavy atom. The standard InChI is InChI=1S/C16H13ClFN5O/c1-9-6-7-13(18)14(15(9)17)16(24)19-11-4-3-5-12(8-11)23-10(2)20-21-22-23/h3-8H,1-2H3,(H,19,24). The number of aromatic nitrogens is 4. The second-order valence-corrected chi connectivity index (χ2v) is 5.57. The lowest BCUT2D eigenvalue weighted by atomic mass is 10.1. The predicted octanol–water partition coefficient (Wildman–Crippen LogP) is 3.32. The van der Waals surface area contributed by atoms with E-state index >= 15 is 0 Å². The van der Waals surface area contributed by atoms with E-state index in [2.05, 4.69) is 20.8 Å². The molecule has 3 aromatic rings. The average molecular weight is 346 g/mol. The quantitative estimate of drug-likeness (QED) is 0.790. The number of carbonyl (C=O) groups excluding carboxylic acids is 1. The molecule has 1 N–H and O–H groups in total. The van der Waals surface area contributed by atoms with Crippen molar-refractivity contribution in [2.75, 3.05) is 5.32 Å². The van der Waals surface area contributed by atoms with Gasteiger partial charge in [0.25, 0.3) is 5.91 Å². The van der Waals surface area contributed by atoms with E-state index in [9.17, 15) is 9.18 Å². The van der Waals surface area contributed by atoms with Crippen LogP contribution in [-0.2, 0) is 0 Å². The summed E-state index contributed by atoms with van der Waals surface area (Å²) in [6, 6.07) is 9.64. The van der Waals surface area contributed by atoms with Crippen LogP contribution in [0.3, 0.4) is 0 Å². The summed E-state index contributed by atoms with van der Waals surface area (Å²) in [6.07, 6.45) is 0. The van der Waals surface area contributed by atoms with Crippen LogP contribution < -0.4 is 5.32 Å². The lowest BCUT2D eigenvalue weighted by Gasteiger charge is -2.10. The van der Waals surface area contributed by atoms with Gasteiger partial charge in [0, 0.05) is 5.69 Å². The number of halogens is 2. The SMILES string of the molecule is Cc1ccc(F)c(C(=O)Nc2cccc(-n3nnnc3C)c2)c1Cl. The molecule has 1 amide bonds. The highest BCUT2D eigenvalue weighted by molar-refractivity contribution is 6.35. The smallest absolute Gasteiger partial charge is 0.260 e. The van der Waals surface area contributed by atoms with Crippen LogP contribution in [-0.4, -0.2) is 26.1 Å². The van der Waals surface area contributed by atoms with Crippen LogP contribution in [0.1, 0.15) is 21.7 Å². The van der Waals surface area contributed by atoms with Gasteiger partial charge in [-0.1, -0.05) is 23.7 Å². The number of nitrogens with zero attached hydrogens (tertiary/aromatic N) is 4. The van der Waals surface area contributed by atoms with Gasteiger partial charge in [0.1, 0.15) is 5.82 Å². The van der Waals surface area contributed by atoms with E-state index in [0.717, 1.165) is 0 Å². The summed E-state index contributed by atoms with van der Waals surface area (Å²) in [5.74, 6) is -0.686. The molecule has 8 heteroatoms. The fraction of sp³-hybridized carbons (Fsp3) is 0.125. The van der Waals surface area contributed by atoms with Crippen LogP contribution in [0.5, 0.6) is 0 Å². The minimum Gasteiger partial charge on any atom is -0.322 e. The Morgan fingerprint density at radius 2 is 2.04 bits per heavy atom. The van der Waals surface area contributed by atoms with E-state index in [4.69, 9.17) is 11.6 Å². The van der Waals surface area contributed by atoms with Crippen LogP contribution in [0.4, 0.5) is 10.1 Å². The van der Waals surface area contributed by atoms with Gasteiger partial charge < -0.3 is 5.32 Å². The lowest BCUT2D eigenvalue weighted by molar-refractivity contribution is 0.102. The molecule has 0 spiro atoms. The van der Waals surface area contributed by atoms with Crippen molar-refractivity contribution < 1.29 is 9.18 Å². The van der Waals surface area contributed by atoms with E-state index in [-0.39, 0.29) is 10.6 Å². The number of nitrogens with one attached hydrogen (secondary N) is 1. The molecular formula is C16H13ClFN5O. The van der Waals surface area contributed by atoms with Crippen molar-refractivity contribution in [1.29, 1.82) is 0 Å². The Balaban J connectivity index is 1.91. The molecule has 122 valence electrons. The molecule has 3 rings (SSSR count). The number of benzene rings is 2. The van der Waals surface area contributed by atoms with Gasteiger partial charge in [0.2, 0.25) is 0 Å². The summed E-state index contributed by atoms with van der Waals surface area (Å²) in [7, 11) is 0. The van der Waals surface area contributed by atoms with Gasteiger partial charge in [-0.25, -0.2) is 4.39 Å². The van der Waals surface area contributed by atoms with Gasteiger partial charge in [-0.3, -0.25) is 4.79 Å². The second-order valence-electron chi connectivity index (χ2n) is 5.20. The van der Waals surface area contributed by atoms with Crippen LogP contribution in [0, 0.1) is 19.7 Å². The number of aryl methyl sites for hydroxylation is 2. The molecule has 0 radical (unpaired) electrons. The number of hydrogen-bond acceptors (Lipinski definition) is 4. The minimum absolute atomic E-state index is 0.0972. The first-order chi connectivity index (χ1) is 11.5. The molecule has 6 nitrogen and oxygen atoms in total. The van der Waals surface area contributed by atoms with Crippen LogP contribution in [0.25, 0.3) is 5.69 Å². The molecule has 0 fully saturated rings. The van der Waals surface area contributed by atoms with Crippen LogP contribution in [0.2, 0.25) is 5.02 Å². The second kappa shape index (κ2) is 6.37. The van der Waals surface area contributed by atoms with Crippen molar-refractivity contribution in [2.45, 2.75) is 13.8 Å². The zero-order valence-corrected chi connectivity index (χ0v) is 13.7. The van der Waals surface area contributed by atoms with Gasteiger partial charge >= 0.3 is 0 Å². The van der Waals surface area contributed by atoms with E-state index in [0.29, 0.717) is 22.8 Å². The minimum atomic E-state index is -0.671. The van der Waals surface area contributed by atoms with Gasteiger partial charge in [-0.2, -0.15) is 4.68 Å². The molecule has 2 aromatic carbocycles. The van der Waals surface area contributed by atoms with Crippen molar-refractivity contribution in [2.24, 2.45) is 0 Å². The summed E-state index contributed by atoms with van der Waals surface area (Å²) < 4.78 is 15.5. The Kier molecular flexibility index (Phi) is 4.26. The molecule has 0 bridgehead atoms. The van der Waals surface area contributed by atoms with Gasteiger partial charge in [-0.15, -0.1) is 5.10 Å². The topological polar surface area (TPSA) is 72.7 Å². The van der Waals surface area contributed by atoms with E-state index < -0.39 is 11.7 Å². The Morgan fingerprint density at radius 3 is 2.75 bits per heavy atom. The molecule has 0 aliphatic heterocycles. The van der Waals surface area contributed by atoms with Gasteiger partial charge in [-0.05, 0) is 54.1 Å². The monoisotopic (exact) mass is 345 g/mol. The highest BCUT2D eigenvalue weighted by atomic mass is 35.5. The van der Waals surface area contributed by atoms with E-state index in [1.807, 2.05) is 0 Å². The first-order valence-corrected chi connectivity index (χ1v) is 7.46. The summed E-state index contributed by atoms with van der Waals surface area (Å²) in [5, 5.41) is 14.0. The molecule has 0 saturated heterocycles. The third kappa shape index (κ3) is 2.98. The number of tetrazole rings is 1. The molecule has 0 aliphatic rings. The zero-order chi connectivity index (χ0) is 17.3. The number of carbonyl (C=O) groups is 1. The summed E-state index contributed by atoms with van der Waals surface area (Å²) >= 11 is 6.06. The Bertz CT molecular complexity index is 925. The number of anilines is 1. The number of hydrogen-bond donors (Lipinski definition) is 1. The highest BCUT2D eigenvalue weighted by Crippen LogP contribution is 2.25. The van der Waals surface area contributed by atoms with Crippen LogP contribution >= 0.6 is 11.6 Å². The first-order valence-electron chi connectivity index (χ1n) is 7.08. The third-order valence-electron chi connectivity index (χ3n) is 3.49. The van der Waals surface area contributed by atoms with Crippen molar-refractivity contribution >= 4 is 23.2 Å². The maximum Gasteiger partial charge on any atom is 0.260 e. The number of amides is 1. The first kappa shape index (κ1) is 16.1. The maximum absolute atomic E-state index is 14.0. The fourth-order valence-corrected chi connectivity index (χ4v) is 2.48. The van der Waals surface area contributed by atoms with E-state index in [1.165, 1.54) is 16.8 Å². The van der Waals surface area contributed by atoms with Crippen molar-refractivity contribution in [3.63, 3.8) is 0 Å². The third-order valence-corrected chi connectivity index (χ3v) is 3.97. The van der Waals surface area contributed by atoms with E-state index in [1.54, 1.807) is 38.1 Å². The normalized spacial score (nSPS) is 10.7. The fourth-order valence-electron chi connectivity index (χ4n) is 2.24. The molecule has 0 saturated carbocycles. The summed E-state index contributed by atoms with van der Waals surface area (Å²) in [6.45, 7) is 3.47. The zero-order valence-electron chi connectivity index (χ0n) is 12.9.